The Balaban J connectivity index is 2.91. The van der Waals surface area contributed by atoms with Gasteiger partial charge < -0.3 is 32.0 Å². The third-order valence-corrected chi connectivity index (χ3v) is 1.97. The van der Waals surface area contributed by atoms with Gasteiger partial charge in [0.25, 0.3) is 0 Å². The second-order valence-electron chi connectivity index (χ2n) is 3.25. The van der Waals surface area contributed by atoms with Crippen molar-refractivity contribution in [2.75, 3.05) is 12.3 Å². The summed E-state index contributed by atoms with van der Waals surface area (Å²) in [5.74, 6) is -2.98. The van der Waals surface area contributed by atoms with E-state index >= 15 is 0 Å². The molecule has 0 aromatic carbocycles. The van der Waals surface area contributed by atoms with E-state index in [-0.39, 0.29) is 16.5 Å². The van der Waals surface area contributed by atoms with Crippen LogP contribution in [-0.4, -0.2) is 49.5 Å². The number of nitrogens with one attached hydrogen (secondary N) is 1. The lowest BCUT2D eigenvalue weighted by atomic mass is 10.2. The van der Waals surface area contributed by atoms with E-state index in [0.717, 1.165) is 0 Å². The number of hydrogen-bond acceptors (Lipinski definition) is 7. The Hall–Kier alpha value is -2.69. The van der Waals surface area contributed by atoms with Crippen molar-refractivity contribution in [1.82, 2.24) is 9.97 Å². The average Bonchev–Trinajstić information content (AvgIpc) is 2.70. The Morgan fingerprint density at radius 1 is 1.61 bits per heavy atom. The van der Waals surface area contributed by atoms with Crippen molar-refractivity contribution in [3.8, 4) is 0 Å². The number of Topliss-reactive ketones (excluding diaryl/α,β-unsaturated/α-hetero) is 1. The Bertz CT molecular complexity index is 508. The van der Waals surface area contributed by atoms with E-state index in [1.54, 1.807) is 0 Å². The van der Waals surface area contributed by atoms with E-state index in [9.17, 15) is 14.8 Å². The number of nitrogens with zero attached hydrogens (tertiary/aromatic N) is 3. The highest BCUT2D eigenvalue weighted by atomic mass is 16.6. The maximum Gasteiger partial charge on any atom is 0.356 e. The number of nitrogen functional groups attached to an aromatic ring is 1. The fourth-order valence-corrected chi connectivity index (χ4v) is 1.13. The van der Waals surface area contributed by atoms with E-state index in [1.807, 2.05) is 0 Å². The minimum absolute atomic E-state index is 0.201. The molecule has 11 heteroatoms. The largest absolute Gasteiger partial charge is 0.597 e. The number of carbonyl (C=O) groups excluding carboxylic acids is 1. The van der Waals surface area contributed by atoms with Crippen LogP contribution in [0.2, 0.25) is 0 Å². The van der Waals surface area contributed by atoms with E-state index < -0.39 is 30.0 Å². The molecule has 1 heterocycles. The summed E-state index contributed by atoms with van der Waals surface area (Å²) in [6.07, 6.45) is 0. The van der Waals surface area contributed by atoms with Gasteiger partial charge in [0, 0.05) is 0 Å². The highest BCUT2D eigenvalue weighted by Crippen LogP contribution is 2.09. The molecular formula is C7H10N6O5. The van der Waals surface area contributed by atoms with Gasteiger partial charge in [-0.15, -0.1) is 0 Å². The van der Waals surface area contributed by atoms with Gasteiger partial charge in [0.05, 0.1) is 0 Å². The lowest BCUT2D eigenvalue weighted by molar-refractivity contribution is -0.555. The molecule has 18 heavy (non-hydrogen) atoms. The van der Waals surface area contributed by atoms with Crippen LogP contribution in [-0.2, 0) is 0 Å². The first-order valence-electron chi connectivity index (χ1n) is 4.55. The number of hydrogen-bond donors (Lipinski definition) is 5. The number of aromatic nitrogens is 2. The molecule has 0 unspecified atom stereocenters. The molecule has 0 aliphatic carbocycles. The van der Waals surface area contributed by atoms with Crippen molar-refractivity contribution < 1.29 is 24.8 Å². The molecule has 1 aromatic rings. The summed E-state index contributed by atoms with van der Waals surface area (Å²) in [6.45, 7) is -0.613. The van der Waals surface area contributed by atoms with Crippen LogP contribution in [0.3, 0.4) is 0 Å². The molecule has 1 rings (SSSR count). The van der Waals surface area contributed by atoms with Crippen molar-refractivity contribution in [3.63, 3.8) is 0 Å². The number of carbonyl (C=O) groups is 2. The topological polar surface area (TPSA) is 194 Å². The second-order valence-corrected chi connectivity index (χ2v) is 3.25. The normalized spacial score (nSPS) is 13.3. The number of rotatable bonds is 5. The van der Waals surface area contributed by atoms with Gasteiger partial charge in [0.1, 0.15) is 6.04 Å². The maximum absolute atomic E-state index is 11.6. The molecule has 0 saturated heterocycles. The molecule has 98 valence electrons. The predicted octanol–water partition coefficient (Wildman–Crippen LogP) is -1.45. The third kappa shape index (κ3) is 2.70. The van der Waals surface area contributed by atoms with Crippen LogP contribution < -0.4 is 11.5 Å². The van der Waals surface area contributed by atoms with Gasteiger partial charge in [-0.25, -0.2) is 9.78 Å². The van der Waals surface area contributed by atoms with Crippen molar-refractivity contribution in [2.45, 2.75) is 6.04 Å². The van der Waals surface area contributed by atoms with Crippen LogP contribution >= 0.6 is 0 Å². The van der Waals surface area contributed by atoms with Gasteiger partial charge in [0.15, 0.2) is 22.6 Å². The van der Waals surface area contributed by atoms with Crippen LogP contribution in [0.5, 0.6) is 0 Å². The Morgan fingerprint density at radius 2 is 2.22 bits per heavy atom. The standard InChI is InChI=1S/C7H10N6O5/c8-2(1-13(18)12-17)4(14)6-10-3(7(15)16)5(9)11-6/h2,17H,1,8-9H2,(H,10,11)(H,15,16)/t2-/m0/s1. The van der Waals surface area contributed by atoms with Crippen LogP contribution in [0.1, 0.15) is 21.1 Å². The van der Waals surface area contributed by atoms with Crippen molar-refractivity contribution in [3.05, 3.63) is 16.7 Å². The van der Waals surface area contributed by atoms with Crippen LogP contribution in [0, 0.1) is 5.21 Å². The SMILES string of the molecule is Nc1nc(C(=O)[C@@H](N)C[N+]([O-])=NO)[nH]c1C(=O)O. The first-order chi connectivity index (χ1) is 8.36. The smallest absolute Gasteiger partial charge is 0.356 e. The zero-order chi connectivity index (χ0) is 13.9. The molecule has 0 bridgehead atoms. The molecule has 0 fully saturated rings. The molecule has 11 nitrogen and oxygen atoms in total. The van der Waals surface area contributed by atoms with E-state index in [4.69, 9.17) is 21.8 Å². The van der Waals surface area contributed by atoms with Crippen LogP contribution in [0.25, 0.3) is 0 Å². The molecule has 7 N–H and O–H groups in total. The molecule has 0 aliphatic rings. The van der Waals surface area contributed by atoms with E-state index in [1.165, 1.54) is 0 Å². The summed E-state index contributed by atoms with van der Waals surface area (Å²) in [7, 11) is 0. The molecule has 0 amide bonds. The van der Waals surface area contributed by atoms with Crippen LogP contribution in [0.4, 0.5) is 5.82 Å². The zero-order valence-corrected chi connectivity index (χ0v) is 8.90. The number of carboxylic acid groups (broad SMARTS) is 1. The molecule has 1 atom stereocenters. The Morgan fingerprint density at radius 3 is 2.67 bits per heavy atom. The number of aromatic amines is 1. The fourth-order valence-electron chi connectivity index (χ4n) is 1.13. The third-order valence-electron chi connectivity index (χ3n) is 1.97. The fraction of sp³-hybridized carbons (Fsp3) is 0.286. The summed E-state index contributed by atoms with van der Waals surface area (Å²) in [6, 6.07) is -1.34. The zero-order valence-electron chi connectivity index (χ0n) is 8.90. The minimum atomic E-state index is -1.39. The first kappa shape index (κ1) is 13.4. The molecular weight excluding hydrogens is 248 g/mol. The molecule has 0 aliphatic heterocycles. The number of H-pyrrole nitrogens is 1. The van der Waals surface area contributed by atoms with Crippen molar-refractivity contribution >= 4 is 17.6 Å². The number of imidazole rings is 1. The Kier molecular flexibility index (Phi) is 3.78. The molecule has 0 radical (unpaired) electrons. The van der Waals surface area contributed by atoms with Crippen LogP contribution in [0.15, 0.2) is 5.28 Å². The monoisotopic (exact) mass is 258 g/mol. The van der Waals surface area contributed by atoms with Gasteiger partial charge in [-0.05, 0) is 0 Å². The van der Waals surface area contributed by atoms with Crippen molar-refractivity contribution in [2.24, 2.45) is 11.0 Å². The number of nitrogens with two attached hydrogens (primary N) is 2. The molecule has 0 spiro atoms. The summed E-state index contributed by atoms with van der Waals surface area (Å²) >= 11 is 0. The Labute approximate surface area is 99.3 Å². The minimum Gasteiger partial charge on any atom is -0.597 e. The van der Waals surface area contributed by atoms with Crippen molar-refractivity contribution in [1.29, 1.82) is 0 Å². The summed E-state index contributed by atoms with van der Waals surface area (Å²) in [4.78, 5) is 27.7. The molecule has 1 aromatic heterocycles. The number of aromatic carboxylic acids is 1. The number of hydroxylamine groups is 1. The second kappa shape index (κ2) is 5.09. The number of carboxylic acids is 1. The summed E-state index contributed by atoms with van der Waals surface area (Å²) in [5.41, 5.74) is 10.2. The van der Waals surface area contributed by atoms with Gasteiger partial charge in [-0.3, -0.25) is 4.79 Å². The summed E-state index contributed by atoms with van der Waals surface area (Å²) in [5, 5.41) is 29.7. The number of anilines is 1. The predicted molar refractivity (Wildman–Crippen MR) is 55.0 cm³/mol. The lowest BCUT2D eigenvalue weighted by Gasteiger charge is -2.05. The highest BCUT2D eigenvalue weighted by Gasteiger charge is 2.25. The van der Waals surface area contributed by atoms with E-state index in [0.29, 0.717) is 0 Å². The maximum atomic E-state index is 11.6. The molecule has 0 saturated carbocycles. The highest BCUT2D eigenvalue weighted by molar-refractivity contribution is 5.99. The van der Waals surface area contributed by atoms with E-state index in [2.05, 4.69) is 15.2 Å². The van der Waals surface area contributed by atoms with Gasteiger partial charge in [-0.1, -0.05) is 4.86 Å². The van der Waals surface area contributed by atoms with Gasteiger partial charge >= 0.3 is 5.97 Å². The average molecular weight is 258 g/mol. The van der Waals surface area contributed by atoms with Gasteiger partial charge in [-0.2, -0.15) is 0 Å². The first-order valence-corrected chi connectivity index (χ1v) is 4.55. The summed E-state index contributed by atoms with van der Waals surface area (Å²) < 4.78 is 0. The number of ketones is 1. The lowest BCUT2D eigenvalue weighted by Crippen LogP contribution is -2.38. The van der Waals surface area contributed by atoms with Gasteiger partial charge in [0.2, 0.25) is 12.3 Å². The quantitative estimate of drug-likeness (QED) is 0.183.